The minimum Gasteiger partial charge on any atom is -0.0885 e. The van der Waals surface area contributed by atoms with E-state index in [0.29, 0.717) is 0 Å². The van der Waals surface area contributed by atoms with Gasteiger partial charge >= 0.3 is 0 Å². The van der Waals surface area contributed by atoms with E-state index in [1.807, 2.05) is 0 Å². The third kappa shape index (κ3) is 7.79. The van der Waals surface area contributed by atoms with Crippen LogP contribution in [0.5, 0.6) is 0 Å². The first kappa shape index (κ1) is 14.0. The summed E-state index contributed by atoms with van der Waals surface area (Å²) in [5.41, 5.74) is 1.44. The van der Waals surface area contributed by atoms with Crippen LogP contribution in [0.2, 0.25) is 0 Å². The maximum Gasteiger partial charge on any atom is -0.0244 e. The van der Waals surface area contributed by atoms with Crippen molar-refractivity contribution in [3.05, 3.63) is 48.0 Å². The van der Waals surface area contributed by atoms with Gasteiger partial charge in [0.15, 0.2) is 0 Å². The van der Waals surface area contributed by atoms with Crippen molar-refractivity contribution in [1.29, 1.82) is 0 Å². The van der Waals surface area contributed by atoms with Gasteiger partial charge in [-0.2, -0.15) is 0 Å². The fourth-order valence-electron chi connectivity index (χ4n) is 2.00. The molecule has 0 N–H and O–H groups in total. The Morgan fingerprint density at radius 2 is 1.53 bits per heavy atom. The molecule has 0 fully saturated rings. The number of hydrogen-bond acceptors (Lipinski definition) is 0. The zero-order chi connectivity index (χ0) is 12.2. The minimum absolute atomic E-state index is 1.17. The number of hydrogen-bond donors (Lipinski definition) is 0. The molecule has 94 valence electrons. The van der Waals surface area contributed by atoms with Gasteiger partial charge in [0.25, 0.3) is 0 Å². The molecule has 0 amide bonds. The molecule has 0 aromatic heterocycles. The van der Waals surface area contributed by atoms with Crippen LogP contribution in [0, 0.1) is 0 Å². The highest BCUT2D eigenvalue weighted by molar-refractivity contribution is 5.15. The number of allylic oxidation sites excluding steroid dienone is 2. The van der Waals surface area contributed by atoms with E-state index in [2.05, 4.69) is 49.4 Å². The second-order valence-electron chi connectivity index (χ2n) is 4.70. The van der Waals surface area contributed by atoms with E-state index in [0.717, 1.165) is 0 Å². The smallest absolute Gasteiger partial charge is 0.0244 e. The monoisotopic (exact) mass is 230 g/mol. The van der Waals surface area contributed by atoms with Crippen molar-refractivity contribution in [2.75, 3.05) is 0 Å². The summed E-state index contributed by atoms with van der Waals surface area (Å²) in [5.74, 6) is 0. The van der Waals surface area contributed by atoms with Crippen molar-refractivity contribution >= 4 is 0 Å². The van der Waals surface area contributed by atoms with Gasteiger partial charge in [-0.3, -0.25) is 0 Å². The Kier molecular flexibility index (Phi) is 8.36. The summed E-state index contributed by atoms with van der Waals surface area (Å²) in [6, 6.07) is 10.7. The van der Waals surface area contributed by atoms with Crippen LogP contribution in [-0.4, -0.2) is 0 Å². The van der Waals surface area contributed by atoms with Crippen LogP contribution in [0.25, 0.3) is 0 Å². The van der Waals surface area contributed by atoms with Crippen LogP contribution in [0.15, 0.2) is 42.5 Å². The largest absolute Gasteiger partial charge is 0.0885 e. The molecule has 0 aliphatic rings. The van der Waals surface area contributed by atoms with Crippen molar-refractivity contribution in [2.24, 2.45) is 0 Å². The highest BCUT2D eigenvalue weighted by atomic mass is 13.9. The van der Waals surface area contributed by atoms with Gasteiger partial charge in [0.1, 0.15) is 0 Å². The molecule has 1 aromatic rings. The van der Waals surface area contributed by atoms with Crippen molar-refractivity contribution in [2.45, 2.75) is 58.3 Å². The summed E-state index contributed by atoms with van der Waals surface area (Å²) < 4.78 is 0. The zero-order valence-corrected chi connectivity index (χ0v) is 11.2. The second-order valence-corrected chi connectivity index (χ2v) is 4.70. The zero-order valence-electron chi connectivity index (χ0n) is 11.2. The Morgan fingerprint density at radius 3 is 2.29 bits per heavy atom. The van der Waals surface area contributed by atoms with Crippen molar-refractivity contribution in [3.63, 3.8) is 0 Å². The van der Waals surface area contributed by atoms with E-state index in [1.54, 1.807) is 0 Å². The summed E-state index contributed by atoms with van der Waals surface area (Å²) in [5, 5.41) is 0. The molecule has 0 heterocycles. The Labute approximate surface area is 107 Å². The molecule has 1 rings (SSSR count). The third-order valence-electron chi connectivity index (χ3n) is 3.08. The standard InChI is InChI=1S/C17H26/c1-2-3-4-5-6-7-8-9-11-14-17-15-12-10-13-16-17/h8-10,12-13,15-16H,2-7,11,14H2,1H3/b9-8+. The molecule has 0 spiro atoms. The van der Waals surface area contributed by atoms with E-state index in [9.17, 15) is 0 Å². The second kappa shape index (κ2) is 10.1. The topological polar surface area (TPSA) is 0 Å². The number of rotatable bonds is 9. The van der Waals surface area contributed by atoms with Crippen LogP contribution in [0.1, 0.15) is 57.4 Å². The SMILES string of the molecule is CCCCCCC/C=C/CCc1ccccc1. The van der Waals surface area contributed by atoms with Crippen LogP contribution < -0.4 is 0 Å². The van der Waals surface area contributed by atoms with E-state index >= 15 is 0 Å². The molecule has 0 radical (unpaired) electrons. The summed E-state index contributed by atoms with van der Waals surface area (Å²) in [7, 11) is 0. The molecule has 0 nitrogen and oxygen atoms in total. The highest BCUT2D eigenvalue weighted by Gasteiger charge is 1.89. The average Bonchev–Trinajstić information content (AvgIpc) is 2.38. The molecule has 0 aliphatic carbocycles. The van der Waals surface area contributed by atoms with Gasteiger partial charge in [0.05, 0.1) is 0 Å². The molecular weight excluding hydrogens is 204 g/mol. The van der Waals surface area contributed by atoms with Gasteiger partial charge in [0, 0.05) is 0 Å². The van der Waals surface area contributed by atoms with Crippen LogP contribution in [0.4, 0.5) is 0 Å². The maximum atomic E-state index is 2.36. The fourth-order valence-corrected chi connectivity index (χ4v) is 2.00. The lowest BCUT2D eigenvalue weighted by Gasteiger charge is -1.97. The summed E-state index contributed by atoms with van der Waals surface area (Å²) in [4.78, 5) is 0. The first-order valence-corrected chi connectivity index (χ1v) is 7.12. The highest BCUT2D eigenvalue weighted by Crippen LogP contribution is 2.07. The van der Waals surface area contributed by atoms with E-state index in [-0.39, 0.29) is 0 Å². The maximum absolute atomic E-state index is 2.36. The van der Waals surface area contributed by atoms with Crippen LogP contribution in [0.3, 0.4) is 0 Å². The minimum atomic E-state index is 1.17. The van der Waals surface area contributed by atoms with Gasteiger partial charge in [-0.1, -0.05) is 75.1 Å². The van der Waals surface area contributed by atoms with E-state index in [4.69, 9.17) is 0 Å². The molecule has 17 heavy (non-hydrogen) atoms. The lowest BCUT2D eigenvalue weighted by atomic mass is 10.1. The first-order chi connectivity index (χ1) is 8.43. The Balaban J connectivity index is 1.96. The third-order valence-corrected chi connectivity index (χ3v) is 3.08. The Morgan fingerprint density at radius 1 is 0.824 bits per heavy atom. The normalized spacial score (nSPS) is 11.1. The predicted octanol–water partition coefficient (Wildman–Crippen LogP) is 5.54. The number of unbranched alkanes of at least 4 members (excludes halogenated alkanes) is 5. The molecule has 0 aliphatic heterocycles. The first-order valence-electron chi connectivity index (χ1n) is 7.12. The van der Waals surface area contributed by atoms with Gasteiger partial charge in [0.2, 0.25) is 0 Å². The van der Waals surface area contributed by atoms with Crippen LogP contribution in [-0.2, 0) is 6.42 Å². The molecular formula is C17H26. The summed E-state index contributed by atoms with van der Waals surface area (Å²) in [6.07, 6.45) is 15.2. The van der Waals surface area contributed by atoms with Gasteiger partial charge in [-0.25, -0.2) is 0 Å². The van der Waals surface area contributed by atoms with E-state index in [1.165, 1.54) is 56.9 Å². The van der Waals surface area contributed by atoms with Gasteiger partial charge in [-0.15, -0.1) is 0 Å². The fraction of sp³-hybridized carbons (Fsp3) is 0.529. The lowest BCUT2D eigenvalue weighted by Crippen LogP contribution is -1.81. The lowest BCUT2D eigenvalue weighted by molar-refractivity contribution is 0.637. The Bertz CT molecular complexity index is 284. The molecule has 0 saturated carbocycles. The summed E-state index contributed by atoms with van der Waals surface area (Å²) >= 11 is 0. The molecule has 0 heteroatoms. The summed E-state index contributed by atoms with van der Waals surface area (Å²) in [6.45, 7) is 2.27. The number of benzene rings is 1. The van der Waals surface area contributed by atoms with Crippen molar-refractivity contribution in [3.8, 4) is 0 Å². The van der Waals surface area contributed by atoms with Crippen LogP contribution >= 0.6 is 0 Å². The Hall–Kier alpha value is -1.04. The van der Waals surface area contributed by atoms with Crippen molar-refractivity contribution < 1.29 is 0 Å². The average molecular weight is 230 g/mol. The number of aryl methyl sites for hydroxylation is 1. The van der Waals surface area contributed by atoms with E-state index < -0.39 is 0 Å². The van der Waals surface area contributed by atoms with Gasteiger partial charge in [-0.05, 0) is 31.2 Å². The predicted molar refractivity (Wildman–Crippen MR) is 77.3 cm³/mol. The molecule has 0 unspecified atom stereocenters. The molecule has 0 atom stereocenters. The molecule has 0 bridgehead atoms. The van der Waals surface area contributed by atoms with Crippen molar-refractivity contribution in [1.82, 2.24) is 0 Å². The quantitative estimate of drug-likeness (QED) is 0.386. The molecule has 0 saturated heterocycles. The molecule has 1 aromatic carbocycles. The van der Waals surface area contributed by atoms with Gasteiger partial charge < -0.3 is 0 Å².